The minimum atomic E-state index is -0.409. The van der Waals surface area contributed by atoms with Gasteiger partial charge in [0.1, 0.15) is 11.3 Å². The molecule has 0 atom stereocenters. The van der Waals surface area contributed by atoms with Crippen molar-refractivity contribution in [3.63, 3.8) is 0 Å². The van der Waals surface area contributed by atoms with Gasteiger partial charge in [-0.25, -0.2) is 9.59 Å². The van der Waals surface area contributed by atoms with Crippen molar-refractivity contribution in [2.45, 2.75) is 26.2 Å². The van der Waals surface area contributed by atoms with Crippen LogP contribution < -0.4 is 10.4 Å². The van der Waals surface area contributed by atoms with Crippen molar-refractivity contribution in [2.75, 3.05) is 0 Å². The summed E-state index contributed by atoms with van der Waals surface area (Å²) in [6.07, 6.45) is 3.30. The number of ether oxygens (including phenoxy) is 1. The monoisotopic (exact) mass is 322 g/mol. The molecule has 0 aliphatic carbocycles. The van der Waals surface area contributed by atoms with Crippen LogP contribution in [-0.2, 0) is 6.42 Å². The van der Waals surface area contributed by atoms with E-state index in [9.17, 15) is 9.59 Å². The van der Waals surface area contributed by atoms with Gasteiger partial charge >= 0.3 is 11.6 Å². The van der Waals surface area contributed by atoms with Gasteiger partial charge in [0, 0.05) is 11.5 Å². The summed E-state index contributed by atoms with van der Waals surface area (Å²) in [5.41, 5.74) is 1.78. The predicted molar refractivity (Wildman–Crippen MR) is 92.5 cm³/mol. The highest BCUT2D eigenvalue weighted by molar-refractivity contribution is 5.91. The lowest BCUT2D eigenvalue weighted by molar-refractivity contribution is 0.0735. The Balaban J connectivity index is 1.74. The average Bonchev–Trinajstić information content (AvgIpc) is 2.60. The molecule has 4 heteroatoms. The van der Waals surface area contributed by atoms with Crippen LogP contribution in [0.4, 0.5) is 0 Å². The maximum absolute atomic E-state index is 12.2. The van der Waals surface area contributed by atoms with Crippen LogP contribution in [0.5, 0.6) is 5.75 Å². The van der Waals surface area contributed by atoms with Crippen LogP contribution >= 0.6 is 0 Å². The summed E-state index contributed by atoms with van der Waals surface area (Å²) in [5, 5.41) is 0.704. The Bertz CT molecular complexity index is 907. The Morgan fingerprint density at radius 2 is 1.83 bits per heavy atom. The molecule has 0 fully saturated rings. The number of fused-ring (bicyclic) bond motifs is 1. The molecule has 1 aromatic heterocycles. The first-order chi connectivity index (χ1) is 11.7. The van der Waals surface area contributed by atoms with E-state index < -0.39 is 11.6 Å². The third-order valence-corrected chi connectivity index (χ3v) is 3.81. The van der Waals surface area contributed by atoms with Gasteiger partial charge < -0.3 is 9.15 Å². The highest BCUT2D eigenvalue weighted by atomic mass is 16.5. The lowest BCUT2D eigenvalue weighted by Crippen LogP contribution is -2.08. The number of carbonyl (C=O) groups excluding carboxylic acids is 1. The molecule has 0 spiro atoms. The second-order valence-electron chi connectivity index (χ2n) is 5.64. The fraction of sp³-hybridized carbons (Fsp3) is 0.200. The highest BCUT2D eigenvalue weighted by Crippen LogP contribution is 2.20. The van der Waals surface area contributed by atoms with Gasteiger partial charge in [-0.2, -0.15) is 0 Å². The van der Waals surface area contributed by atoms with Crippen LogP contribution in [0.25, 0.3) is 11.0 Å². The second kappa shape index (κ2) is 7.13. The number of hydrogen-bond donors (Lipinski definition) is 0. The smallest absolute Gasteiger partial charge is 0.343 e. The lowest BCUT2D eigenvalue weighted by Gasteiger charge is -2.06. The molecular formula is C20H18O4. The van der Waals surface area contributed by atoms with Gasteiger partial charge in [-0.1, -0.05) is 25.5 Å². The molecule has 3 rings (SSSR count). The Kier molecular flexibility index (Phi) is 4.75. The molecule has 3 aromatic rings. The fourth-order valence-corrected chi connectivity index (χ4v) is 2.47. The van der Waals surface area contributed by atoms with Crippen molar-refractivity contribution >= 4 is 16.9 Å². The lowest BCUT2D eigenvalue weighted by atomic mass is 10.1. The number of carbonyl (C=O) groups is 1. The zero-order chi connectivity index (χ0) is 16.9. The standard InChI is InChI=1S/C20H18O4/c1-2-3-4-14-5-7-15(8-6-14)20(22)23-17-10-11-18-16(13-17)9-12-19(21)24-18/h5-13H,2-4H2,1H3. The van der Waals surface area contributed by atoms with E-state index in [4.69, 9.17) is 9.15 Å². The predicted octanol–water partition coefficient (Wildman–Crippen LogP) is 4.35. The molecule has 122 valence electrons. The first-order valence-corrected chi connectivity index (χ1v) is 8.01. The molecule has 0 aliphatic heterocycles. The molecule has 4 nitrogen and oxygen atoms in total. The first kappa shape index (κ1) is 16.0. The van der Waals surface area contributed by atoms with Gasteiger partial charge in [0.15, 0.2) is 0 Å². The minimum absolute atomic E-state index is 0.407. The molecule has 24 heavy (non-hydrogen) atoms. The maximum Gasteiger partial charge on any atom is 0.343 e. The molecule has 0 bridgehead atoms. The van der Waals surface area contributed by atoms with E-state index in [2.05, 4.69) is 6.92 Å². The van der Waals surface area contributed by atoms with E-state index in [1.165, 1.54) is 11.6 Å². The SMILES string of the molecule is CCCCc1ccc(C(=O)Oc2ccc3oc(=O)ccc3c2)cc1. The molecule has 0 amide bonds. The van der Waals surface area contributed by atoms with Crippen LogP contribution in [0.1, 0.15) is 35.7 Å². The number of aryl methyl sites for hydroxylation is 1. The van der Waals surface area contributed by atoms with E-state index in [1.54, 1.807) is 36.4 Å². The van der Waals surface area contributed by atoms with Crippen LogP contribution in [0.2, 0.25) is 0 Å². The van der Waals surface area contributed by atoms with E-state index in [0.717, 1.165) is 19.3 Å². The summed E-state index contributed by atoms with van der Waals surface area (Å²) in [5.74, 6) is 0.00480. The largest absolute Gasteiger partial charge is 0.423 e. The second-order valence-corrected chi connectivity index (χ2v) is 5.64. The van der Waals surface area contributed by atoms with Crippen molar-refractivity contribution in [1.29, 1.82) is 0 Å². The Labute approximate surface area is 139 Å². The van der Waals surface area contributed by atoms with Gasteiger partial charge in [0.05, 0.1) is 5.56 Å². The van der Waals surface area contributed by atoms with Crippen LogP contribution in [0, 0.1) is 0 Å². The van der Waals surface area contributed by atoms with E-state index in [-0.39, 0.29) is 0 Å². The van der Waals surface area contributed by atoms with E-state index in [1.807, 2.05) is 12.1 Å². The van der Waals surface area contributed by atoms with Crippen LogP contribution in [0.3, 0.4) is 0 Å². The number of unbranched alkanes of at least 4 members (excludes halogenated alkanes) is 1. The van der Waals surface area contributed by atoms with Crippen molar-refractivity contribution in [1.82, 2.24) is 0 Å². The maximum atomic E-state index is 12.2. The summed E-state index contributed by atoms with van der Waals surface area (Å²) in [4.78, 5) is 23.4. The molecule has 0 saturated heterocycles. The van der Waals surface area contributed by atoms with Crippen molar-refractivity contribution in [2.24, 2.45) is 0 Å². The zero-order valence-electron chi connectivity index (χ0n) is 13.5. The molecule has 0 unspecified atom stereocenters. The molecule has 0 radical (unpaired) electrons. The number of rotatable bonds is 5. The summed E-state index contributed by atoms with van der Waals surface area (Å²) >= 11 is 0. The number of hydrogen-bond acceptors (Lipinski definition) is 4. The van der Waals surface area contributed by atoms with Gasteiger partial charge in [0.2, 0.25) is 0 Å². The molecule has 1 heterocycles. The first-order valence-electron chi connectivity index (χ1n) is 8.01. The third kappa shape index (κ3) is 3.71. The minimum Gasteiger partial charge on any atom is -0.423 e. The molecule has 0 N–H and O–H groups in total. The average molecular weight is 322 g/mol. The van der Waals surface area contributed by atoms with Crippen molar-refractivity contribution < 1.29 is 13.9 Å². The normalized spacial score (nSPS) is 10.7. The van der Waals surface area contributed by atoms with Gasteiger partial charge in [-0.05, 0) is 54.8 Å². The fourth-order valence-electron chi connectivity index (χ4n) is 2.47. The summed E-state index contributed by atoms with van der Waals surface area (Å²) < 4.78 is 10.5. The Hall–Kier alpha value is -2.88. The van der Waals surface area contributed by atoms with E-state index in [0.29, 0.717) is 22.3 Å². The van der Waals surface area contributed by atoms with Gasteiger partial charge in [-0.15, -0.1) is 0 Å². The molecule has 0 aliphatic rings. The topological polar surface area (TPSA) is 56.5 Å². The van der Waals surface area contributed by atoms with Gasteiger partial charge in [0.25, 0.3) is 0 Å². The summed E-state index contributed by atoms with van der Waals surface area (Å²) in [6.45, 7) is 2.15. The van der Waals surface area contributed by atoms with Crippen molar-refractivity contribution in [3.8, 4) is 5.75 Å². The quantitative estimate of drug-likeness (QED) is 0.398. The molecular weight excluding hydrogens is 304 g/mol. The van der Waals surface area contributed by atoms with Crippen molar-refractivity contribution in [3.05, 3.63) is 76.1 Å². The third-order valence-electron chi connectivity index (χ3n) is 3.81. The van der Waals surface area contributed by atoms with Gasteiger partial charge in [-0.3, -0.25) is 0 Å². The molecule has 0 saturated carbocycles. The highest BCUT2D eigenvalue weighted by Gasteiger charge is 2.09. The number of esters is 1. The van der Waals surface area contributed by atoms with Crippen LogP contribution in [0.15, 0.2) is 63.8 Å². The summed E-state index contributed by atoms with van der Waals surface area (Å²) in [7, 11) is 0. The number of benzene rings is 2. The van der Waals surface area contributed by atoms with E-state index >= 15 is 0 Å². The zero-order valence-corrected chi connectivity index (χ0v) is 13.5. The molecule has 2 aromatic carbocycles. The Morgan fingerprint density at radius 1 is 1.04 bits per heavy atom. The van der Waals surface area contributed by atoms with Crippen LogP contribution in [-0.4, -0.2) is 5.97 Å². The Morgan fingerprint density at radius 3 is 2.58 bits per heavy atom. The summed E-state index contributed by atoms with van der Waals surface area (Å²) in [6, 6.07) is 15.4.